The van der Waals surface area contributed by atoms with Crippen LogP contribution in [-0.2, 0) is 17.8 Å². The highest BCUT2D eigenvalue weighted by Gasteiger charge is 2.15. The molecule has 3 aromatic rings. The number of carbonyl (C=O) groups is 1. The van der Waals surface area contributed by atoms with E-state index in [4.69, 9.17) is 32.7 Å². The number of amides is 1. The monoisotopic (exact) mass is 480 g/mol. The molecule has 3 rings (SSSR count). The zero-order valence-electron chi connectivity index (χ0n) is 17.3. The van der Waals surface area contributed by atoms with Crippen LogP contribution in [0.25, 0.3) is 0 Å². The summed E-state index contributed by atoms with van der Waals surface area (Å²) in [6, 6.07) is 10.7. The minimum absolute atomic E-state index is 0.174. The number of methoxy groups -OCH3 is 2. The summed E-state index contributed by atoms with van der Waals surface area (Å²) in [6.07, 6.45) is 0.578. The lowest BCUT2D eigenvalue weighted by molar-refractivity contribution is -0.113. The molecule has 0 saturated heterocycles. The van der Waals surface area contributed by atoms with Crippen LogP contribution in [0.4, 0.5) is 5.69 Å². The third kappa shape index (κ3) is 5.84. The molecule has 0 bridgehead atoms. The second kappa shape index (κ2) is 10.7. The van der Waals surface area contributed by atoms with E-state index in [9.17, 15) is 4.79 Å². The maximum atomic E-state index is 12.3. The Labute approximate surface area is 195 Å². The van der Waals surface area contributed by atoms with Crippen LogP contribution in [0.5, 0.6) is 11.5 Å². The van der Waals surface area contributed by atoms with Crippen molar-refractivity contribution < 1.29 is 14.3 Å². The van der Waals surface area contributed by atoms with Crippen molar-refractivity contribution in [2.45, 2.75) is 25.0 Å². The quantitative estimate of drug-likeness (QED) is 0.436. The Balaban J connectivity index is 1.66. The molecule has 0 saturated carbocycles. The van der Waals surface area contributed by atoms with Crippen molar-refractivity contribution in [1.29, 1.82) is 0 Å². The molecule has 0 unspecified atom stereocenters. The minimum Gasteiger partial charge on any atom is -0.493 e. The fourth-order valence-electron chi connectivity index (χ4n) is 2.95. The first-order chi connectivity index (χ1) is 14.9. The third-order valence-corrected chi connectivity index (χ3v) is 5.97. The summed E-state index contributed by atoms with van der Waals surface area (Å²) in [4.78, 5) is 12.3. The number of hydrogen-bond acceptors (Lipinski definition) is 6. The van der Waals surface area contributed by atoms with Crippen molar-refractivity contribution in [2.24, 2.45) is 0 Å². The van der Waals surface area contributed by atoms with Crippen LogP contribution in [0.15, 0.2) is 41.6 Å². The highest BCUT2D eigenvalue weighted by molar-refractivity contribution is 7.99. The smallest absolute Gasteiger partial charge is 0.234 e. The van der Waals surface area contributed by atoms with E-state index in [1.165, 1.54) is 11.8 Å². The van der Waals surface area contributed by atoms with Gasteiger partial charge in [-0.15, -0.1) is 10.2 Å². The highest BCUT2D eigenvalue weighted by atomic mass is 35.5. The molecule has 0 aliphatic carbocycles. The van der Waals surface area contributed by atoms with Gasteiger partial charge in [0.05, 0.1) is 30.7 Å². The summed E-state index contributed by atoms with van der Waals surface area (Å²) in [5.41, 5.74) is 1.54. The first-order valence-electron chi connectivity index (χ1n) is 9.45. The molecule has 0 atom stereocenters. The first-order valence-corrected chi connectivity index (χ1v) is 11.2. The molecular formula is C21H22Cl2N4O3S. The number of benzene rings is 2. The maximum Gasteiger partial charge on any atom is 0.234 e. The van der Waals surface area contributed by atoms with Gasteiger partial charge in [0.2, 0.25) is 5.91 Å². The lowest BCUT2D eigenvalue weighted by Crippen LogP contribution is -2.15. The summed E-state index contributed by atoms with van der Waals surface area (Å²) < 4.78 is 12.6. The molecule has 1 heterocycles. The highest BCUT2D eigenvalue weighted by Crippen LogP contribution is 2.29. The molecule has 1 aromatic heterocycles. The Kier molecular flexibility index (Phi) is 8.06. The number of nitrogens with zero attached hydrogens (tertiary/aromatic N) is 3. The molecule has 31 heavy (non-hydrogen) atoms. The van der Waals surface area contributed by atoms with Crippen LogP contribution in [-0.4, -0.2) is 40.6 Å². The first kappa shape index (κ1) is 23.2. The Morgan fingerprint density at radius 1 is 1.10 bits per heavy atom. The number of anilines is 1. The van der Waals surface area contributed by atoms with Gasteiger partial charge in [0.25, 0.3) is 0 Å². The van der Waals surface area contributed by atoms with Crippen LogP contribution in [0, 0.1) is 0 Å². The van der Waals surface area contributed by atoms with Gasteiger partial charge >= 0.3 is 0 Å². The fraction of sp³-hybridized carbons (Fsp3) is 0.286. The molecule has 0 aliphatic heterocycles. The lowest BCUT2D eigenvalue weighted by Gasteiger charge is -2.11. The van der Waals surface area contributed by atoms with E-state index in [2.05, 4.69) is 15.5 Å². The molecule has 0 spiro atoms. The zero-order chi connectivity index (χ0) is 22.4. The average molecular weight is 481 g/mol. The minimum atomic E-state index is -0.193. The van der Waals surface area contributed by atoms with Crippen LogP contribution < -0.4 is 14.8 Å². The molecule has 0 aliphatic rings. The van der Waals surface area contributed by atoms with Gasteiger partial charge in [0, 0.05) is 18.0 Å². The van der Waals surface area contributed by atoms with E-state index >= 15 is 0 Å². The molecule has 10 heteroatoms. The molecule has 1 N–H and O–H groups in total. The topological polar surface area (TPSA) is 78.3 Å². The number of aromatic nitrogens is 3. The molecular weight excluding hydrogens is 459 g/mol. The van der Waals surface area contributed by atoms with Gasteiger partial charge in [-0.1, -0.05) is 41.0 Å². The van der Waals surface area contributed by atoms with Gasteiger partial charge in [0.1, 0.15) is 5.82 Å². The Hall–Kier alpha value is -2.42. The molecule has 0 fully saturated rings. The summed E-state index contributed by atoms with van der Waals surface area (Å²) in [6.45, 7) is 2.70. The van der Waals surface area contributed by atoms with E-state index in [0.717, 1.165) is 11.4 Å². The molecule has 0 radical (unpaired) electrons. The number of carbonyl (C=O) groups excluding carboxylic acids is 1. The van der Waals surface area contributed by atoms with Crippen LogP contribution in [0.2, 0.25) is 10.0 Å². The van der Waals surface area contributed by atoms with Crippen molar-refractivity contribution in [3.8, 4) is 11.5 Å². The largest absolute Gasteiger partial charge is 0.493 e. The zero-order valence-corrected chi connectivity index (χ0v) is 19.6. The van der Waals surface area contributed by atoms with Crippen LogP contribution >= 0.6 is 35.0 Å². The summed E-state index contributed by atoms with van der Waals surface area (Å²) in [7, 11) is 3.21. The molecule has 7 nitrogen and oxygen atoms in total. The second-order valence-corrected chi connectivity index (χ2v) is 8.26. The Morgan fingerprint density at radius 3 is 2.55 bits per heavy atom. The molecule has 1 amide bonds. The summed E-state index contributed by atoms with van der Waals surface area (Å²) in [5.74, 6) is 2.12. The van der Waals surface area contributed by atoms with Crippen LogP contribution in [0.1, 0.15) is 18.3 Å². The van der Waals surface area contributed by atoms with Crippen molar-refractivity contribution in [1.82, 2.24) is 14.8 Å². The molecule has 164 valence electrons. The van der Waals surface area contributed by atoms with E-state index < -0.39 is 0 Å². The van der Waals surface area contributed by atoms with Gasteiger partial charge in [-0.25, -0.2) is 0 Å². The van der Waals surface area contributed by atoms with Gasteiger partial charge in [-0.05, 0) is 42.8 Å². The maximum absolute atomic E-state index is 12.3. The van der Waals surface area contributed by atoms with E-state index in [-0.39, 0.29) is 11.7 Å². The SMILES string of the molecule is CCn1c(Cc2ccc(OC)c(OC)c2)nnc1SCC(=O)Nc1ccc(Cl)cc1Cl. The van der Waals surface area contributed by atoms with Crippen molar-refractivity contribution in [2.75, 3.05) is 25.3 Å². The van der Waals surface area contributed by atoms with Crippen LogP contribution in [0.3, 0.4) is 0 Å². The Morgan fingerprint density at radius 2 is 1.87 bits per heavy atom. The number of nitrogens with one attached hydrogen (secondary N) is 1. The summed E-state index contributed by atoms with van der Waals surface area (Å²) >= 11 is 13.3. The third-order valence-electron chi connectivity index (χ3n) is 4.46. The normalized spacial score (nSPS) is 10.7. The number of rotatable bonds is 9. The van der Waals surface area contributed by atoms with Gasteiger partial charge in [0.15, 0.2) is 16.7 Å². The predicted molar refractivity (Wildman–Crippen MR) is 124 cm³/mol. The van der Waals surface area contributed by atoms with E-state index in [0.29, 0.717) is 45.4 Å². The van der Waals surface area contributed by atoms with Gasteiger partial charge in [-0.3, -0.25) is 4.79 Å². The van der Waals surface area contributed by atoms with E-state index in [1.807, 2.05) is 29.7 Å². The standard InChI is InChI=1S/C21H22Cl2N4O3S/c1-4-27-19(10-13-5-8-17(29-2)18(9-13)30-3)25-26-21(27)31-12-20(28)24-16-7-6-14(22)11-15(16)23/h5-9,11H,4,10,12H2,1-3H3,(H,24,28). The number of ether oxygens (including phenoxy) is 2. The lowest BCUT2D eigenvalue weighted by atomic mass is 10.1. The molecule has 2 aromatic carbocycles. The number of hydrogen-bond donors (Lipinski definition) is 1. The second-order valence-electron chi connectivity index (χ2n) is 6.47. The number of thioether (sulfide) groups is 1. The van der Waals surface area contributed by atoms with Crippen molar-refractivity contribution in [3.63, 3.8) is 0 Å². The van der Waals surface area contributed by atoms with Gasteiger partial charge < -0.3 is 19.4 Å². The predicted octanol–water partition coefficient (Wildman–Crippen LogP) is 4.94. The van der Waals surface area contributed by atoms with E-state index in [1.54, 1.807) is 32.4 Å². The summed E-state index contributed by atoms with van der Waals surface area (Å²) in [5, 5.41) is 12.9. The van der Waals surface area contributed by atoms with Crippen molar-refractivity contribution >= 4 is 46.6 Å². The Bertz CT molecular complexity index is 1070. The average Bonchev–Trinajstić information content (AvgIpc) is 3.15. The van der Waals surface area contributed by atoms with Gasteiger partial charge in [-0.2, -0.15) is 0 Å². The number of halogens is 2. The fourth-order valence-corrected chi connectivity index (χ4v) is 4.23. The van der Waals surface area contributed by atoms with Crippen molar-refractivity contribution in [3.05, 3.63) is 57.8 Å².